The van der Waals surface area contributed by atoms with Crippen LogP contribution in [0.15, 0.2) is 36.9 Å². The Morgan fingerprint density at radius 1 is 1.29 bits per heavy atom. The van der Waals surface area contributed by atoms with Crippen molar-refractivity contribution in [1.29, 1.82) is 0 Å². The molecule has 0 aromatic carbocycles. The number of likely N-dealkylation sites (tertiary alicyclic amines) is 1. The van der Waals surface area contributed by atoms with Crippen molar-refractivity contribution in [1.82, 2.24) is 19.9 Å². The molecule has 24 heavy (non-hydrogen) atoms. The average molecular weight is 326 g/mol. The van der Waals surface area contributed by atoms with Gasteiger partial charge >= 0.3 is 0 Å². The molecular formula is C18H22N4O2. The normalized spacial score (nSPS) is 23.6. The van der Waals surface area contributed by atoms with Crippen LogP contribution in [-0.4, -0.2) is 52.1 Å². The average Bonchev–Trinajstić information content (AvgIpc) is 3.12. The summed E-state index contributed by atoms with van der Waals surface area (Å²) >= 11 is 0. The molecule has 1 aliphatic heterocycles. The maximum absolute atomic E-state index is 12.6. The zero-order chi connectivity index (χ0) is 16.4. The van der Waals surface area contributed by atoms with Crippen LogP contribution in [0.5, 0.6) is 0 Å². The lowest BCUT2D eigenvalue weighted by atomic mass is 9.93. The Kier molecular flexibility index (Phi) is 4.30. The summed E-state index contributed by atoms with van der Waals surface area (Å²) < 4.78 is 5.93. The van der Waals surface area contributed by atoms with Gasteiger partial charge in [0.1, 0.15) is 5.69 Å². The highest BCUT2D eigenvalue weighted by Gasteiger charge is 2.38. The predicted molar refractivity (Wildman–Crippen MR) is 88.5 cm³/mol. The molecule has 3 heterocycles. The van der Waals surface area contributed by atoms with Crippen LogP contribution in [0.3, 0.4) is 0 Å². The quantitative estimate of drug-likeness (QED) is 0.882. The third-order valence-electron chi connectivity index (χ3n) is 4.91. The monoisotopic (exact) mass is 326 g/mol. The molecule has 1 saturated carbocycles. The smallest absolute Gasteiger partial charge is 0.271 e. The van der Waals surface area contributed by atoms with Gasteiger partial charge < -0.3 is 14.6 Å². The SMILES string of the molecule is O=C(c1cnc[nH]1)N1C[C@@H](COCC2CC2)[C@H](c2ccccn2)C1. The van der Waals surface area contributed by atoms with Crippen molar-refractivity contribution in [2.24, 2.45) is 11.8 Å². The van der Waals surface area contributed by atoms with E-state index in [1.165, 1.54) is 19.2 Å². The van der Waals surface area contributed by atoms with Crippen molar-refractivity contribution >= 4 is 5.91 Å². The lowest BCUT2D eigenvalue weighted by molar-refractivity contribution is 0.0735. The first-order chi connectivity index (χ1) is 11.8. The first kappa shape index (κ1) is 15.3. The molecule has 0 radical (unpaired) electrons. The molecular weight excluding hydrogens is 304 g/mol. The molecule has 2 aliphatic rings. The van der Waals surface area contributed by atoms with Crippen LogP contribution >= 0.6 is 0 Å². The van der Waals surface area contributed by atoms with Crippen LogP contribution in [0, 0.1) is 11.8 Å². The Morgan fingerprint density at radius 2 is 2.21 bits per heavy atom. The Hall–Kier alpha value is -2.21. The van der Waals surface area contributed by atoms with Crippen LogP contribution in [0.1, 0.15) is 34.9 Å². The molecule has 6 nitrogen and oxygen atoms in total. The van der Waals surface area contributed by atoms with Gasteiger partial charge in [-0.1, -0.05) is 6.07 Å². The number of aromatic nitrogens is 3. The number of H-pyrrole nitrogens is 1. The Labute approximate surface area is 141 Å². The topological polar surface area (TPSA) is 71.1 Å². The Balaban J connectivity index is 1.47. The number of rotatable bonds is 6. The third-order valence-corrected chi connectivity index (χ3v) is 4.91. The number of amides is 1. The van der Waals surface area contributed by atoms with Gasteiger partial charge in [0.25, 0.3) is 5.91 Å². The van der Waals surface area contributed by atoms with Crippen molar-refractivity contribution in [3.05, 3.63) is 48.3 Å². The maximum Gasteiger partial charge on any atom is 0.271 e. The molecule has 1 aliphatic carbocycles. The second kappa shape index (κ2) is 6.73. The van der Waals surface area contributed by atoms with Gasteiger partial charge in [-0.05, 0) is 30.9 Å². The number of carbonyl (C=O) groups excluding carboxylic acids is 1. The van der Waals surface area contributed by atoms with Gasteiger partial charge in [-0.3, -0.25) is 9.78 Å². The highest BCUT2D eigenvalue weighted by atomic mass is 16.5. The highest BCUT2D eigenvalue weighted by molar-refractivity contribution is 5.92. The van der Waals surface area contributed by atoms with E-state index >= 15 is 0 Å². The molecule has 1 amide bonds. The van der Waals surface area contributed by atoms with E-state index in [1.54, 1.807) is 6.20 Å². The molecule has 2 aromatic heterocycles. The molecule has 0 unspecified atom stereocenters. The van der Waals surface area contributed by atoms with Crippen molar-refractivity contribution in [3.8, 4) is 0 Å². The minimum atomic E-state index is -0.00174. The Morgan fingerprint density at radius 3 is 2.92 bits per heavy atom. The van der Waals surface area contributed by atoms with Crippen LogP contribution in [0.25, 0.3) is 0 Å². The molecule has 4 rings (SSSR count). The van der Waals surface area contributed by atoms with E-state index in [2.05, 4.69) is 15.0 Å². The van der Waals surface area contributed by atoms with Gasteiger partial charge in [-0.2, -0.15) is 0 Å². The number of aromatic amines is 1. The van der Waals surface area contributed by atoms with Crippen molar-refractivity contribution < 1.29 is 9.53 Å². The standard InChI is InChI=1S/C18H22N4O2/c23-18(17-7-19-12-21-17)22-8-14(11-24-10-13-4-5-13)15(9-22)16-3-1-2-6-20-16/h1-3,6-7,12-15H,4-5,8-11H2,(H,19,21)/t14-,15+/m0/s1. The summed E-state index contributed by atoms with van der Waals surface area (Å²) in [6.07, 6.45) is 7.51. The van der Waals surface area contributed by atoms with E-state index in [-0.39, 0.29) is 17.7 Å². The summed E-state index contributed by atoms with van der Waals surface area (Å²) in [6, 6.07) is 5.97. The number of ether oxygens (including phenoxy) is 1. The number of pyridine rings is 1. The van der Waals surface area contributed by atoms with E-state index in [4.69, 9.17) is 4.74 Å². The molecule has 0 bridgehead atoms. The van der Waals surface area contributed by atoms with Gasteiger partial charge in [0.2, 0.25) is 0 Å². The van der Waals surface area contributed by atoms with E-state index in [9.17, 15) is 4.79 Å². The molecule has 2 fully saturated rings. The summed E-state index contributed by atoms with van der Waals surface area (Å²) in [5.41, 5.74) is 1.58. The minimum Gasteiger partial charge on any atom is -0.381 e. The largest absolute Gasteiger partial charge is 0.381 e. The fourth-order valence-electron chi connectivity index (χ4n) is 3.35. The second-order valence-corrected chi connectivity index (χ2v) is 6.78. The molecule has 6 heteroatoms. The summed E-state index contributed by atoms with van der Waals surface area (Å²) in [5, 5.41) is 0. The van der Waals surface area contributed by atoms with E-state index in [0.29, 0.717) is 25.4 Å². The number of imidazole rings is 1. The van der Waals surface area contributed by atoms with Gasteiger partial charge in [0.05, 0.1) is 19.1 Å². The molecule has 1 saturated heterocycles. The highest BCUT2D eigenvalue weighted by Crippen LogP contribution is 2.34. The second-order valence-electron chi connectivity index (χ2n) is 6.78. The first-order valence-electron chi connectivity index (χ1n) is 8.57. The fraction of sp³-hybridized carbons (Fsp3) is 0.500. The number of nitrogens with one attached hydrogen (secondary N) is 1. The molecule has 2 atom stereocenters. The summed E-state index contributed by atoms with van der Waals surface area (Å²) in [5.74, 6) is 1.25. The minimum absolute atomic E-state index is 0.00174. The van der Waals surface area contributed by atoms with Gasteiger partial charge in [-0.25, -0.2) is 4.98 Å². The summed E-state index contributed by atoms with van der Waals surface area (Å²) in [4.78, 5) is 25.9. The molecule has 2 aromatic rings. The van der Waals surface area contributed by atoms with E-state index < -0.39 is 0 Å². The van der Waals surface area contributed by atoms with E-state index in [0.717, 1.165) is 18.2 Å². The molecule has 126 valence electrons. The van der Waals surface area contributed by atoms with Crippen molar-refractivity contribution in [2.45, 2.75) is 18.8 Å². The predicted octanol–water partition coefficient (Wildman–Crippen LogP) is 2.09. The number of hydrogen-bond acceptors (Lipinski definition) is 4. The third kappa shape index (κ3) is 3.33. The van der Waals surface area contributed by atoms with Gasteiger partial charge in [0.15, 0.2) is 0 Å². The van der Waals surface area contributed by atoms with Crippen LogP contribution in [0.4, 0.5) is 0 Å². The van der Waals surface area contributed by atoms with E-state index in [1.807, 2.05) is 29.3 Å². The zero-order valence-electron chi connectivity index (χ0n) is 13.6. The fourth-order valence-corrected chi connectivity index (χ4v) is 3.35. The Bertz CT molecular complexity index is 670. The summed E-state index contributed by atoms with van der Waals surface area (Å²) in [6.45, 7) is 2.90. The maximum atomic E-state index is 12.6. The first-order valence-corrected chi connectivity index (χ1v) is 8.57. The lowest BCUT2D eigenvalue weighted by Crippen LogP contribution is -2.29. The van der Waals surface area contributed by atoms with Gasteiger partial charge in [-0.15, -0.1) is 0 Å². The van der Waals surface area contributed by atoms with Crippen LogP contribution in [0.2, 0.25) is 0 Å². The zero-order valence-corrected chi connectivity index (χ0v) is 13.6. The van der Waals surface area contributed by atoms with Crippen molar-refractivity contribution in [3.63, 3.8) is 0 Å². The van der Waals surface area contributed by atoms with Gasteiger partial charge in [0, 0.05) is 43.4 Å². The van der Waals surface area contributed by atoms with Crippen molar-refractivity contribution in [2.75, 3.05) is 26.3 Å². The lowest BCUT2D eigenvalue weighted by Gasteiger charge is -2.17. The van der Waals surface area contributed by atoms with Crippen LogP contribution < -0.4 is 0 Å². The van der Waals surface area contributed by atoms with Crippen LogP contribution in [-0.2, 0) is 4.74 Å². The number of hydrogen-bond donors (Lipinski definition) is 1. The number of carbonyl (C=O) groups is 1. The molecule has 0 spiro atoms. The number of nitrogens with zero attached hydrogens (tertiary/aromatic N) is 3. The molecule has 1 N–H and O–H groups in total. The summed E-state index contributed by atoms with van der Waals surface area (Å²) in [7, 11) is 0.